The van der Waals surface area contributed by atoms with Gasteiger partial charge < -0.3 is 19.9 Å². The van der Waals surface area contributed by atoms with Gasteiger partial charge >= 0.3 is 0 Å². The second kappa shape index (κ2) is 12.0. The molecule has 1 aliphatic rings. The molecule has 1 N–H and O–H groups in total. The number of carbonyl (C=O) groups is 1. The number of hydrogen-bond donors (Lipinski definition) is 1. The first-order chi connectivity index (χ1) is 12.5. The maximum atomic E-state index is 11.5. The van der Waals surface area contributed by atoms with Gasteiger partial charge in [0, 0.05) is 46.2 Å². The summed E-state index contributed by atoms with van der Waals surface area (Å²) in [6.45, 7) is 12.5. The minimum atomic E-state index is 0. The number of hydrogen-bond acceptors (Lipinski definition) is 3. The van der Waals surface area contributed by atoms with Crippen LogP contribution < -0.4 is 10.1 Å². The third-order valence-electron chi connectivity index (χ3n) is 4.32. The van der Waals surface area contributed by atoms with Crippen molar-refractivity contribution in [3.8, 4) is 5.75 Å². The molecule has 0 saturated carbocycles. The lowest BCUT2D eigenvalue weighted by Crippen LogP contribution is -2.53. The number of aliphatic imine (C=N–C) groups is 1. The fourth-order valence-electron chi connectivity index (χ4n) is 2.96. The monoisotopic (exact) mass is 488 g/mol. The van der Waals surface area contributed by atoms with Crippen LogP contribution in [-0.2, 0) is 11.2 Å². The van der Waals surface area contributed by atoms with Crippen molar-refractivity contribution >= 4 is 35.8 Å². The van der Waals surface area contributed by atoms with E-state index in [9.17, 15) is 4.79 Å². The zero-order valence-corrected chi connectivity index (χ0v) is 19.2. The van der Waals surface area contributed by atoms with Gasteiger partial charge in [-0.2, -0.15) is 0 Å². The number of halogens is 1. The molecule has 0 spiro atoms. The molecule has 2 rings (SSSR count). The highest BCUT2D eigenvalue weighted by atomic mass is 127. The summed E-state index contributed by atoms with van der Waals surface area (Å²) >= 11 is 0. The Labute approximate surface area is 180 Å². The van der Waals surface area contributed by atoms with Crippen LogP contribution in [0.25, 0.3) is 0 Å². The smallest absolute Gasteiger partial charge is 0.219 e. The van der Waals surface area contributed by atoms with Crippen molar-refractivity contribution in [2.75, 3.05) is 39.3 Å². The van der Waals surface area contributed by atoms with Crippen LogP contribution in [-0.4, -0.2) is 67.0 Å². The van der Waals surface area contributed by atoms with E-state index in [-0.39, 0.29) is 36.0 Å². The molecule has 152 valence electrons. The van der Waals surface area contributed by atoms with E-state index in [1.807, 2.05) is 30.9 Å². The van der Waals surface area contributed by atoms with Gasteiger partial charge in [-0.3, -0.25) is 9.79 Å². The molecule has 1 heterocycles. The Morgan fingerprint density at radius 3 is 2.26 bits per heavy atom. The Kier molecular flexibility index (Phi) is 10.5. The first-order valence-corrected chi connectivity index (χ1v) is 9.54. The summed E-state index contributed by atoms with van der Waals surface area (Å²) in [7, 11) is 0. The first-order valence-electron chi connectivity index (χ1n) is 9.54. The minimum absolute atomic E-state index is 0. The fraction of sp³-hybridized carbons (Fsp3) is 0.600. The van der Waals surface area contributed by atoms with Gasteiger partial charge in [0.15, 0.2) is 5.96 Å². The summed E-state index contributed by atoms with van der Waals surface area (Å²) in [5, 5.41) is 3.37. The van der Waals surface area contributed by atoms with Gasteiger partial charge in [0.05, 0.1) is 6.10 Å². The van der Waals surface area contributed by atoms with Crippen LogP contribution in [0.3, 0.4) is 0 Å². The van der Waals surface area contributed by atoms with Crippen LogP contribution in [0.15, 0.2) is 29.3 Å². The van der Waals surface area contributed by atoms with Crippen LogP contribution in [0, 0.1) is 0 Å². The number of rotatable bonds is 6. The number of ether oxygens (including phenoxy) is 1. The maximum absolute atomic E-state index is 11.5. The Hall–Kier alpha value is -1.51. The van der Waals surface area contributed by atoms with Crippen molar-refractivity contribution in [3.05, 3.63) is 29.8 Å². The van der Waals surface area contributed by atoms with Gasteiger partial charge in [-0.25, -0.2) is 0 Å². The molecule has 1 amide bonds. The predicted molar refractivity (Wildman–Crippen MR) is 121 cm³/mol. The Bertz CT molecular complexity index is 597. The fourth-order valence-corrected chi connectivity index (χ4v) is 2.96. The van der Waals surface area contributed by atoms with Gasteiger partial charge in [-0.05, 0) is 44.9 Å². The Morgan fingerprint density at radius 2 is 1.74 bits per heavy atom. The van der Waals surface area contributed by atoms with E-state index < -0.39 is 0 Å². The average Bonchev–Trinajstić information content (AvgIpc) is 2.62. The molecule has 1 saturated heterocycles. The number of amides is 1. The lowest BCUT2D eigenvalue weighted by molar-refractivity contribution is -0.130. The van der Waals surface area contributed by atoms with E-state index >= 15 is 0 Å². The number of benzene rings is 1. The molecule has 27 heavy (non-hydrogen) atoms. The summed E-state index contributed by atoms with van der Waals surface area (Å²) in [6, 6.07) is 8.24. The zero-order valence-electron chi connectivity index (χ0n) is 16.9. The lowest BCUT2D eigenvalue weighted by Gasteiger charge is -2.36. The second-order valence-electron chi connectivity index (χ2n) is 6.79. The van der Waals surface area contributed by atoms with Gasteiger partial charge in [0.1, 0.15) is 5.75 Å². The quantitative estimate of drug-likeness (QED) is 0.380. The third-order valence-corrected chi connectivity index (χ3v) is 4.32. The van der Waals surface area contributed by atoms with Crippen molar-refractivity contribution in [2.45, 2.75) is 40.2 Å². The van der Waals surface area contributed by atoms with Crippen LogP contribution >= 0.6 is 24.0 Å². The zero-order chi connectivity index (χ0) is 18.9. The van der Waals surface area contributed by atoms with Crippen LogP contribution in [0.4, 0.5) is 0 Å². The van der Waals surface area contributed by atoms with Gasteiger partial charge in [-0.1, -0.05) is 12.1 Å². The molecule has 0 radical (unpaired) electrons. The standard InChI is InChI=1S/C20H32N4O2.HI/c1-5-21-20(24-14-12-23(13-15-24)17(4)25)22-11-10-18-6-8-19(9-7-18)26-16(2)3;/h6-9,16H,5,10-15H2,1-4H3,(H,21,22);1H. The molecular formula is C20H33IN4O2. The summed E-state index contributed by atoms with van der Waals surface area (Å²) in [5.74, 6) is 2.00. The summed E-state index contributed by atoms with van der Waals surface area (Å²) in [5.41, 5.74) is 1.25. The molecule has 0 unspecified atom stereocenters. The van der Waals surface area contributed by atoms with E-state index in [0.717, 1.165) is 57.4 Å². The molecule has 1 fully saturated rings. The minimum Gasteiger partial charge on any atom is -0.491 e. The lowest BCUT2D eigenvalue weighted by atomic mass is 10.1. The summed E-state index contributed by atoms with van der Waals surface area (Å²) < 4.78 is 5.68. The molecule has 0 aliphatic carbocycles. The highest BCUT2D eigenvalue weighted by Gasteiger charge is 2.20. The molecule has 1 aromatic rings. The van der Waals surface area contributed by atoms with Crippen molar-refractivity contribution in [2.24, 2.45) is 4.99 Å². The van der Waals surface area contributed by atoms with Crippen LogP contribution in [0.2, 0.25) is 0 Å². The number of carbonyl (C=O) groups excluding carboxylic acids is 1. The van der Waals surface area contributed by atoms with Gasteiger partial charge in [-0.15, -0.1) is 24.0 Å². The van der Waals surface area contributed by atoms with Crippen molar-refractivity contribution in [3.63, 3.8) is 0 Å². The van der Waals surface area contributed by atoms with E-state index in [4.69, 9.17) is 9.73 Å². The molecule has 0 atom stereocenters. The highest BCUT2D eigenvalue weighted by molar-refractivity contribution is 14.0. The predicted octanol–water partition coefficient (Wildman–Crippen LogP) is 2.76. The average molecular weight is 488 g/mol. The van der Waals surface area contributed by atoms with Crippen molar-refractivity contribution in [1.29, 1.82) is 0 Å². The molecule has 1 aromatic carbocycles. The Balaban J connectivity index is 0.00000364. The first kappa shape index (κ1) is 23.5. The Morgan fingerprint density at radius 1 is 1.15 bits per heavy atom. The summed E-state index contributed by atoms with van der Waals surface area (Å²) in [6.07, 6.45) is 1.08. The van der Waals surface area contributed by atoms with Crippen LogP contribution in [0.5, 0.6) is 5.75 Å². The highest BCUT2D eigenvalue weighted by Crippen LogP contribution is 2.14. The largest absolute Gasteiger partial charge is 0.491 e. The molecule has 6 nitrogen and oxygen atoms in total. The molecular weight excluding hydrogens is 455 g/mol. The van der Waals surface area contributed by atoms with Gasteiger partial charge in [0.25, 0.3) is 0 Å². The molecule has 0 aromatic heterocycles. The topological polar surface area (TPSA) is 57.2 Å². The SMILES string of the molecule is CCNC(=NCCc1ccc(OC(C)C)cc1)N1CCN(C(C)=O)CC1.I. The normalized spacial score (nSPS) is 14.8. The van der Waals surface area contributed by atoms with E-state index in [0.29, 0.717) is 0 Å². The number of guanidine groups is 1. The molecule has 1 aliphatic heterocycles. The van der Waals surface area contributed by atoms with E-state index in [2.05, 4.69) is 29.3 Å². The third kappa shape index (κ3) is 7.94. The summed E-state index contributed by atoms with van der Waals surface area (Å²) in [4.78, 5) is 20.4. The number of piperazine rings is 1. The van der Waals surface area contributed by atoms with Crippen molar-refractivity contribution < 1.29 is 9.53 Å². The second-order valence-corrected chi connectivity index (χ2v) is 6.79. The van der Waals surface area contributed by atoms with E-state index in [1.165, 1.54) is 5.56 Å². The maximum Gasteiger partial charge on any atom is 0.219 e. The van der Waals surface area contributed by atoms with Crippen molar-refractivity contribution in [1.82, 2.24) is 15.1 Å². The molecule has 0 bridgehead atoms. The van der Waals surface area contributed by atoms with Crippen LogP contribution in [0.1, 0.15) is 33.3 Å². The van der Waals surface area contributed by atoms with E-state index in [1.54, 1.807) is 6.92 Å². The molecule has 7 heteroatoms. The number of nitrogens with zero attached hydrogens (tertiary/aromatic N) is 3. The van der Waals surface area contributed by atoms with Gasteiger partial charge in [0.2, 0.25) is 5.91 Å². The number of nitrogens with one attached hydrogen (secondary N) is 1.